The van der Waals surface area contributed by atoms with E-state index in [4.69, 9.17) is 4.74 Å². The van der Waals surface area contributed by atoms with E-state index in [1.807, 2.05) is 47.7 Å². The Morgan fingerprint density at radius 2 is 1.67 bits per heavy atom. The maximum atomic E-state index is 13.2. The Labute approximate surface area is 176 Å². The van der Waals surface area contributed by atoms with Crippen molar-refractivity contribution in [1.29, 1.82) is 0 Å². The number of benzene rings is 1. The maximum Gasteiger partial charge on any atom is 0.246 e. The largest absolute Gasteiger partial charge is 0.495 e. The number of ether oxygens (including phenoxy) is 1. The van der Waals surface area contributed by atoms with Gasteiger partial charge >= 0.3 is 0 Å². The highest BCUT2D eigenvalue weighted by Crippen LogP contribution is 2.28. The summed E-state index contributed by atoms with van der Waals surface area (Å²) in [7, 11) is -2.16. The molecule has 0 aliphatic carbocycles. The fourth-order valence-corrected chi connectivity index (χ4v) is 5.18. The highest BCUT2D eigenvalue weighted by atomic mass is 32.2. The van der Waals surface area contributed by atoms with Crippen LogP contribution in [0, 0.1) is 13.8 Å². The first-order chi connectivity index (χ1) is 14.4. The van der Waals surface area contributed by atoms with E-state index in [1.165, 1.54) is 11.4 Å². The summed E-state index contributed by atoms with van der Waals surface area (Å²) in [6, 6.07) is 8.97. The lowest BCUT2D eigenvalue weighted by atomic mass is 10.2. The van der Waals surface area contributed by atoms with Crippen LogP contribution in [0.3, 0.4) is 0 Å². The number of sulfonamides is 1. The van der Waals surface area contributed by atoms with Crippen molar-refractivity contribution in [3.63, 3.8) is 0 Å². The molecule has 3 aromatic rings. The van der Waals surface area contributed by atoms with E-state index in [1.54, 1.807) is 18.3 Å². The predicted octanol–water partition coefficient (Wildman–Crippen LogP) is 1.80. The monoisotopic (exact) mass is 428 g/mol. The molecule has 1 aromatic carbocycles. The molecule has 2 aromatic heterocycles. The molecule has 1 saturated heterocycles. The lowest BCUT2D eigenvalue weighted by Crippen LogP contribution is -2.49. The van der Waals surface area contributed by atoms with E-state index in [-0.39, 0.29) is 4.90 Å². The molecule has 4 rings (SSSR count). The normalized spacial score (nSPS) is 15.4. The van der Waals surface area contributed by atoms with Gasteiger partial charge in [-0.1, -0.05) is 6.07 Å². The first-order valence-corrected chi connectivity index (χ1v) is 11.1. The van der Waals surface area contributed by atoms with Gasteiger partial charge in [0, 0.05) is 38.6 Å². The van der Waals surface area contributed by atoms with E-state index < -0.39 is 10.0 Å². The number of piperazine rings is 1. The number of methoxy groups -OCH3 is 1. The maximum absolute atomic E-state index is 13.2. The summed E-state index contributed by atoms with van der Waals surface area (Å²) in [5.41, 5.74) is 0.872. The third-order valence-corrected chi connectivity index (χ3v) is 7.13. The van der Waals surface area contributed by atoms with Crippen LogP contribution < -0.4 is 9.64 Å². The molecule has 0 bridgehead atoms. The van der Waals surface area contributed by atoms with Gasteiger partial charge in [0.25, 0.3) is 0 Å². The minimum Gasteiger partial charge on any atom is -0.495 e. The molecular weight excluding hydrogens is 404 g/mol. The smallest absolute Gasteiger partial charge is 0.246 e. The second-order valence-electron chi connectivity index (χ2n) is 7.14. The Balaban J connectivity index is 1.47. The Hall–Kier alpha value is -2.98. The second kappa shape index (κ2) is 8.04. The number of hydrogen-bond donors (Lipinski definition) is 0. The highest BCUT2D eigenvalue weighted by Gasteiger charge is 2.31. The van der Waals surface area contributed by atoms with Gasteiger partial charge in [0.2, 0.25) is 10.0 Å². The van der Waals surface area contributed by atoms with Gasteiger partial charge in [0.1, 0.15) is 16.5 Å². The van der Waals surface area contributed by atoms with Crippen molar-refractivity contribution in [1.82, 2.24) is 24.1 Å². The molecule has 10 heteroatoms. The lowest BCUT2D eigenvalue weighted by Gasteiger charge is -2.34. The summed E-state index contributed by atoms with van der Waals surface area (Å²) in [6.45, 7) is 5.56. The quantitative estimate of drug-likeness (QED) is 0.612. The zero-order valence-electron chi connectivity index (χ0n) is 17.2. The zero-order chi connectivity index (χ0) is 21.3. The average Bonchev–Trinajstić information content (AvgIpc) is 3.20. The van der Waals surface area contributed by atoms with Crippen molar-refractivity contribution in [2.24, 2.45) is 0 Å². The van der Waals surface area contributed by atoms with Crippen molar-refractivity contribution in [2.45, 2.75) is 18.7 Å². The minimum atomic E-state index is -3.64. The summed E-state index contributed by atoms with van der Waals surface area (Å²) in [6.07, 6.45) is 3.55. The molecule has 1 aliphatic heterocycles. The number of aromatic nitrogens is 4. The van der Waals surface area contributed by atoms with E-state index in [0.29, 0.717) is 37.7 Å². The van der Waals surface area contributed by atoms with Gasteiger partial charge in [-0.2, -0.15) is 4.31 Å². The van der Waals surface area contributed by atoms with Crippen molar-refractivity contribution in [2.75, 3.05) is 38.2 Å². The zero-order valence-corrected chi connectivity index (χ0v) is 18.0. The summed E-state index contributed by atoms with van der Waals surface area (Å²) in [5.74, 6) is 2.62. The van der Waals surface area contributed by atoms with E-state index >= 15 is 0 Å². The molecule has 0 amide bonds. The van der Waals surface area contributed by atoms with Crippen LogP contribution in [-0.2, 0) is 10.0 Å². The average molecular weight is 429 g/mol. The third kappa shape index (κ3) is 3.75. The molecule has 30 heavy (non-hydrogen) atoms. The summed E-state index contributed by atoms with van der Waals surface area (Å²) in [4.78, 5) is 6.44. The van der Waals surface area contributed by atoms with Crippen LogP contribution in [0.4, 0.5) is 5.82 Å². The Kier molecular flexibility index (Phi) is 5.44. The predicted molar refractivity (Wildman–Crippen MR) is 113 cm³/mol. The van der Waals surface area contributed by atoms with Crippen LogP contribution in [0.1, 0.15) is 11.4 Å². The molecule has 158 valence electrons. The topological polar surface area (TPSA) is 93.5 Å². The molecule has 1 fully saturated rings. The fourth-order valence-electron chi connectivity index (χ4n) is 3.52. The van der Waals surface area contributed by atoms with Crippen molar-refractivity contribution in [3.05, 3.63) is 54.1 Å². The fraction of sp³-hybridized carbons (Fsp3) is 0.350. The van der Waals surface area contributed by atoms with Gasteiger partial charge < -0.3 is 9.64 Å². The third-order valence-electron chi connectivity index (χ3n) is 5.21. The van der Waals surface area contributed by atoms with Crippen LogP contribution in [0.2, 0.25) is 0 Å². The molecule has 3 heterocycles. The Morgan fingerprint density at radius 3 is 2.27 bits per heavy atom. The number of hydrogen-bond acceptors (Lipinski definition) is 7. The minimum absolute atomic E-state index is 0.207. The van der Waals surface area contributed by atoms with Crippen molar-refractivity contribution in [3.8, 4) is 11.6 Å². The molecule has 0 N–H and O–H groups in total. The summed E-state index contributed by atoms with van der Waals surface area (Å²) in [5, 5.41) is 8.61. The molecule has 0 atom stereocenters. The molecule has 0 saturated carbocycles. The SMILES string of the molecule is COc1ccc(C)cc1S(=O)(=O)N1CCN(c2ccc(-n3ccnc3C)nn2)CC1. The first kappa shape index (κ1) is 20.3. The first-order valence-electron chi connectivity index (χ1n) is 9.64. The van der Waals surface area contributed by atoms with Gasteiger partial charge in [0.15, 0.2) is 11.6 Å². The Morgan fingerprint density at radius 1 is 0.967 bits per heavy atom. The summed E-state index contributed by atoms with van der Waals surface area (Å²) >= 11 is 0. The Bertz CT molecular complexity index is 1140. The molecule has 9 nitrogen and oxygen atoms in total. The second-order valence-corrected chi connectivity index (χ2v) is 9.05. The number of aryl methyl sites for hydroxylation is 2. The van der Waals surface area contributed by atoms with E-state index in [9.17, 15) is 8.42 Å². The van der Waals surface area contributed by atoms with Crippen LogP contribution in [0.5, 0.6) is 5.75 Å². The molecule has 0 spiro atoms. The van der Waals surface area contributed by atoms with Crippen molar-refractivity contribution >= 4 is 15.8 Å². The van der Waals surface area contributed by atoms with Gasteiger partial charge in [-0.05, 0) is 43.7 Å². The van der Waals surface area contributed by atoms with Crippen LogP contribution in [0.25, 0.3) is 5.82 Å². The molecular formula is C20H24N6O3S. The number of anilines is 1. The van der Waals surface area contributed by atoms with Crippen LogP contribution in [0.15, 0.2) is 47.6 Å². The number of rotatable bonds is 5. The standard InChI is InChI=1S/C20H24N6O3S/c1-15-4-5-17(29-3)18(14-15)30(27,28)25-12-10-24(11-13-25)19-6-7-20(23-22-19)26-9-8-21-16(26)2/h4-9,14H,10-13H2,1-3H3. The van der Waals surface area contributed by atoms with E-state index in [2.05, 4.69) is 15.2 Å². The van der Waals surface area contributed by atoms with Crippen LogP contribution >= 0.6 is 0 Å². The summed E-state index contributed by atoms with van der Waals surface area (Å²) < 4.78 is 35.0. The van der Waals surface area contributed by atoms with Crippen LogP contribution in [-0.4, -0.2) is 65.8 Å². The molecule has 0 unspecified atom stereocenters. The highest BCUT2D eigenvalue weighted by molar-refractivity contribution is 7.89. The number of imidazole rings is 1. The van der Waals surface area contributed by atoms with Gasteiger partial charge in [-0.15, -0.1) is 10.2 Å². The van der Waals surface area contributed by atoms with Gasteiger partial charge in [0.05, 0.1) is 7.11 Å². The van der Waals surface area contributed by atoms with Crippen molar-refractivity contribution < 1.29 is 13.2 Å². The number of nitrogens with zero attached hydrogens (tertiary/aromatic N) is 6. The molecule has 1 aliphatic rings. The van der Waals surface area contributed by atoms with Gasteiger partial charge in [-0.25, -0.2) is 13.4 Å². The lowest BCUT2D eigenvalue weighted by molar-refractivity contribution is 0.373. The van der Waals surface area contributed by atoms with E-state index in [0.717, 1.165) is 17.2 Å². The molecule has 0 radical (unpaired) electrons. The van der Waals surface area contributed by atoms with Gasteiger partial charge in [-0.3, -0.25) is 4.57 Å².